The van der Waals surface area contributed by atoms with Gasteiger partial charge in [0.1, 0.15) is 11.8 Å². The summed E-state index contributed by atoms with van der Waals surface area (Å²) >= 11 is 5.83. The molecule has 0 radical (unpaired) electrons. The third-order valence-electron chi connectivity index (χ3n) is 3.44. The van der Waals surface area contributed by atoms with Crippen molar-refractivity contribution in [2.45, 2.75) is 13.0 Å². The lowest BCUT2D eigenvalue weighted by Crippen LogP contribution is -2.45. The predicted octanol–water partition coefficient (Wildman–Crippen LogP) is 3.20. The molecule has 1 aromatic heterocycles. The molecule has 0 bridgehead atoms. The highest BCUT2D eigenvalue weighted by atomic mass is 35.5. The zero-order valence-corrected chi connectivity index (χ0v) is 13.0. The van der Waals surface area contributed by atoms with E-state index in [2.05, 4.69) is 16.0 Å². The molecule has 0 fully saturated rings. The van der Waals surface area contributed by atoms with Crippen molar-refractivity contribution in [3.63, 3.8) is 0 Å². The lowest BCUT2D eigenvalue weighted by molar-refractivity contribution is -0.113. The van der Waals surface area contributed by atoms with E-state index in [9.17, 15) is 9.59 Å². The van der Waals surface area contributed by atoms with Crippen molar-refractivity contribution in [2.75, 3.05) is 5.32 Å². The van der Waals surface area contributed by atoms with E-state index in [4.69, 9.17) is 16.0 Å². The smallest absolute Gasteiger partial charge is 0.319 e. The maximum atomic E-state index is 12.6. The second-order valence-corrected chi connectivity index (χ2v) is 5.48. The van der Waals surface area contributed by atoms with Gasteiger partial charge in [-0.1, -0.05) is 11.6 Å². The van der Waals surface area contributed by atoms with E-state index in [-0.39, 0.29) is 11.9 Å². The van der Waals surface area contributed by atoms with E-state index in [1.807, 2.05) is 0 Å². The number of urea groups is 1. The minimum atomic E-state index is -0.647. The van der Waals surface area contributed by atoms with Crippen molar-refractivity contribution < 1.29 is 14.0 Å². The molecule has 0 saturated heterocycles. The molecule has 6 nitrogen and oxygen atoms in total. The van der Waals surface area contributed by atoms with E-state index < -0.39 is 6.04 Å². The van der Waals surface area contributed by atoms with E-state index in [1.165, 1.54) is 6.26 Å². The predicted molar refractivity (Wildman–Crippen MR) is 85.9 cm³/mol. The summed E-state index contributed by atoms with van der Waals surface area (Å²) in [6.45, 7) is 1.67. The zero-order valence-electron chi connectivity index (χ0n) is 12.2. The van der Waals surface area contributed by atoms with Crippen molar-refractivity contribution in [1.82, 2.24) is 10.6 Å². The van der Waals surface area contributed by atoms with Gasteiger partial charge in [0.05, 0.1) is 11.8 Å². The lowest BCUT2D eigenvalue weighted by atomic mass is 10.00. The standard InChI is InChI=1S/C16H14ClN3O3/c1-9-13(15(21)19-11-6-4-10(17)5-7-11)14(20-16(22)18-9)12-3-2-8-23-12/h2-8,14H,1H3,(H,19,21)(H2,18,20,22)/t14-/m0/s1. The fourth-order valence-electron chi connectivity index (χ4n) is 2.40. The van der Waals surface area contributed by atoms with Crippen LogP contribution in [0.4, 0.5) is 10.5 Å². The van der Waals surface area contributed by atoms with Gasteiger partial charge < -0.3 is 20.4 Å². The van der Waals surface area contributed by atoms with Crippen molar-refractivity contribution in [3.05, 3.63) is 64.7 Å². The Balaban J connectivity index is 1.90. The molecule has 3 rings (SSSR count). The summed E-state index contributed by atoms with van der Waals surface area (Å²) in [4.78, 5) is 24.3. The molecular formula is C16H14ClN3O3. The number of benzene rings is 1. The second-order valence-electron chi connectivity index (χ2n) is 5.05. The van der Waals surface area contributed by atoms with Gasteiger partial charge >= 0.3 is 6.03 Å². The van der Waals surface area contributed by atoms with Gasteiger partial charge in [-0.05, 0) is 43.3 Å². The van der Waals surface area contributed by atoms with Gasteiger partial charge in [-0.15, -0.1) is 0 Å². The number of halogens is 1. The number of carbonyl (C=O) groups excluding carboxylic acids is 2. The molecule has 0 saturated carbocycles. The average Bonchev–Trinajstić information content (AvgIpc) is 3.03. The van der Waals surface area contributed by atoms with Crippen LogP contribution in [0.2, 0.25) is 5.02 Å². The molecule has 1 aliphatic rings. The molecule has 3 amide bonds. The monoisotopic (exact) mass is 331 g/mol. The number of furan rings is 1. The van der Waals surface area contributed by atoms with Crippen molar-refractivity contribution in [2.24, 2.45) is 0 Å². The van der Waals surface area contributed by atoms with Crippen LogP contribution in [-0.2, 0) is 4.79 Å². The van der Waals surface area contributed by atoms with Crippen LogP contribution in [0.25, 0.3) is 0 Å². The molecule has 1 atom stereocenters. The Morgan fingerprint density at radius 3 is 2.65 bits per heavy atom. The second kappa shape index (κ2) is 6.18. The summed E-state index contributed by atoms with van der Waals surface area (Å²) < 4.78 is 5.34. The highest BCUT2D eigenvalue weighted by molar-refractivity contribution is 6.30. The third kappa shape index (κ3) is 3.22. The van der Waals surface area contributed by atoms with E-state index in [1.54, 1.807) is 43.3 Å². The van der Waals surface area contributed by atoms with Crippen LogP contribution in [-0.4, -0.2) is 11.9 Å². The van der Waals surface area contributed by atoms with Crippen LogP contribution < -0.4 is 16.0 Å². The van der Waals surface area contributed by atoms with Crippen LogP contribution in [0.3, 0.4) is 0 Å². The number of hydrogen-bond acceptors (Lipinski definition) is 3. The van der Waals surface area contributed by atoms with E-state index in [0.717, 1.165) is 0 Å². The van der Waals surface area contributed by atoms with E-state index >= 15 is 0 Å². The number of amides is 3. The van der Waals surface area contributed by atoms with Crippen LogP contribution in [0.5, 0.6) is 0 Å². The van der Waals surface area contributed by atoms with Crippen LogP contribution in [0.15, 0.2) is 58.3 Å². The topological polar surface area (TPSA) is 83.4 Å². The van der Waals surface area contributed by atoms with Gasteiger partial charge in [0, 0.05) is 16.4 Å². The summed E-state index contributed by atoms with van der Waals surface area (Å²) in [5.41, 5.74) is 1.46. The highest BCUT2D eigenvalue weighted by Gasteiger charge is 2.32. The maximum Gasteiger partial charge on any atom is 0.319 e. The summed E-state index contributed by atoms with van der Waals surface area (Å²) in [6.07, 6.45) is 1.49. The number of rotatable bonds is 3. The van der Waals surface area contributed by atoms with Gasteiger partial charge in [-0.2, -0.15) is 0 Å². The first-order valence-corrected chi connectivity index (χ1v) is 7.31. The quantitative estimate of drug-likeness (QED) is 0.807. The molecular weight excluding hydrogens is 318 g/mol. The van der Waals surface area contributed by atoms with E-state index in [0.29, 0.717) is 27.7 Å². The Hall–Kier alpha value is -2.73. The molecule has 1 aliphatic heterocycles. The Morgan fingerprint density at radius 2 is 2.00 bits per heavy atom. The fourth-order valence-corrected chi connectivity index (χ4v) is 2.52. The molecule has 118 valence electrons. The molecule has 1 aromatic carbocycles. The Morgan fingerprint density at radius 1 is 1.26 bits per heavy atom. The summed E-state index contributed by atoms with van der Waals surface area (Å²) in [7, 11) is 0. The Bertz CT molecular complexity index is 766. The SMILES string of the molecule is CC1=C(C(=O)Nc2ccc(Cl)cc2)[C@H](c2ccco2)NC(=O)N1. The van der Waals surface area contributed by atoms with Gasteiger partial charge in [0.15, 0.2) is 0 Å². The first-order chi connectivity index (χ1) is 11.0. The molecule has 7 heteroatoms. The number of anilines is 1. The zero-order chi connectivity index (χ0) is 16.4. The number of allylic oxidation sites excluding steroid dienone is 1. The molecule has 0 aliphatic carbocycles. The number of nitrogens with one attached hydrogen (secondary N) is 3. The molecule has 3 N–H and O–H groups in total. The van der Waals surface area contributed by atoms with Gasteiger partial charge in [0.25, 0.3) is 5.91 Å². The van der Waals surface area contributed by atoms with Gasteiger partial charge in [-0.25, -0.2) is 4.79 Å². The lowest BCUT2D eigenvalue weighted by Gasteiger charge is -2.27. The minimum absolute atomic E-state index is 0.335. The fraction of sp³-hybridized carbons (Fsp3) is 0.125. The summed E-state index contributed by atoms with van der Waals surface area (Å²) in [5.74, 6) is 0.152. The highest BCUT2D eigenvalue weighted by Crippen LogP contribution is 2.28. The number of hydrogen-bond donors (Lipinski definition) is 3. The molecule has 2 aromatic rings. The number of carbonyl (C=O) groups is 2. The molecule has 0 spiro atoms. The third-order valence-corrected chi connectivity index (χ3v) is 3.70. The first kappa shape index (κ1) is 15.2. The van der Waals surface area contributed by atoms with Crippen LogP contribution in [0, 0.1) is 0 Å². The van der Waals surface area contributed by atoms with Crippen LogP contribution >= 0.6 is 11.6 Å². The summed E-state index contributed by atoms with van der Waals surface area (Å²) in [5, 5.41) is 8.66. The van der Waals surface area contributed by atoms with Gasteiger partial charge in [0.2, 0.25) is 0 Å². The Labute approximate surface area is 137 Å². The van der Waals surface area contributed by atoms with Crippen LogP contribution in [0.1, 0.15) is 18.7 Å². The maximum absolute atomic E-state index is 12.6. The van der Waals surface area contributed by atoms with Gasteiger partial charge in [-0.3, -0.25) is 4.79 Å². The average molecular weight is 332 g/mol. The van der Waals surface area contributed by atoms with Crippen molar-refractivity contribution >= 4 is 29.2 Å². The largest absolute Gasteiger partial charge is 0.467 e. The normalized spacial score (nSPS) is 17.5. The Kier molecular flexibility index (Phi) is 4.08. The van der Waals surface area contributed by atoms with Crippen molar-refractivity contribution in [1.29, 1.82) is 0 Å². The molecule has 2 heterocycles. The summed E-state index contributed by atoms with van der Waals surface area (Å²) in [6, 6.07) is 9.15. The molecule has 0 unspecified atom stereocenters. The molecule has 23 heavy (non-hydrogen) atoms. The van der Waals surface area contributed by atoms with Crippen molar-refractivity contribution in [3.8, 4) is 0 Å². The minimum Gasteiger partial charge on any atom is -0.467 e. The first-order valence-electron chi connectivity index (χ1n) is 6.93.